The number of aromatic nitrogens is 3. The Kier molecular flexibility index (Phi) is 7.41. The number of benzene rings is 2. The Morgan fingerprint density at radius 1 is 1.17 bits per heavy atom. The van der Waals surface area contributed by atoms with Gasteiger partial charge < -0.3 is 23.9 Å². The van der Waals surface area contributed by atoms with Gasteiger partial charge in [0, 0.05) is 37.8 Å². The topological polar surface area (TPSA) is 123 Å². The lowest BCUT2D eigenvalue weighted by atomic mass is 9.88. The molecule has 0 saturated carbocycles. The van der Waals surface area contributed by atoms with Crippen molar-refractivity contribution in [3.05, 3.63) is 82.4 Å². The van der Waals surface area contributed by atoms with Crippen LogP contribution in [0.15, 0.2) is 48.7 Å². The second-order valence-corrected chi connectivity index (χ2v) is 12.4. The number of carbonyl (C=O) groups is 1. The van der Waals surface area contributed by atoms with Gasteiger partial charge in [-0.1, -0.05) is 12.1 Å². The van der Waals surface area contributed by atoms with Crippen LogP contribution in [-0.4, -0.2) is 56.3 Å². The number of fused-ring (bicyclic) bond motifs is 2. The first-order valence-corrected chi connectivity index (χ1v) is 15.4. The van der Waals surface area contributed by atoms with E-state index in [1.165, 1.54) is 12.3 Å². The number of carboxylic acid groups (broad SMARTS) is 1. The van der Waals surface area contributed by atoms with Gasteiger partial charge in [0.05, 0.1) is 41.4 Å². The highest BCUT2D eigenvalue weighted by atomic mass is 19.3. The number of nitrogens with zero attached hydrogens (tertiary/aromatic N) is 5. The van der Waals surface area contributed by atoms with Crippen LogP contribution in [0.3, 0.4) is 0 Å². The molecule has 2 fully saturated rings. The third-order valence-corrected chi connectivity index (χ3v) is 9.19. The van der Waals surface area contributed by atoms with Crippen LogP contribution < -0.4 is 9.47 Å². The minimum atomic E-state index is -3.26. The number of halogens is 2. The Morgan fingerprint density at radius 2 is 1.96 bits per heavy atom. The highest BCUT2D eigenvalue weighted by Gasteiger charge is 2.42. The van der Waals surface area contributed by atoms with E-state index in [1.807, 2.05) is 23.6 Å². The molecule has 12 heteroatoms. The van der Waals surface area contributed by atoms with E-state index in [9.17, 15) is 18.7 Å². The molecule has 2 saturated heterocycles. The van der Waals surface area contributed by atoms with E-state index in [1.54, 1.807) is 12.1 Å². The molecule has 0 bridgehead atoms. The summed E-state index contributed by atoms with van der Waals surface area (Å²) in [5, 5.41) is 18.8. The quantitative estimate of drug-likeness (QED) is 0.253. The van der Waals surface area contributed by atoms with E-state index >= 15 is 0 Å². The predicted molar refractivity (Wildman–Crippen MR) is 162 cm³/mol. The molecule has 7 rings (SSSR count). The minimum Gasteiger partial charge on any atom is -0.478 e. The van der Waals surface area contributed by atoms with Gasteiger partial charge in [-0.25, -0.2) is 18.6 Å². The molecule has 3 aliphatic rings. The molecule has 0 radical (unpaired) electrons. The zero-order valence-corrected chi connectivity index (χ0v) is 25.5. The van der Waals surface area contributed by atoms with Crippen LogP contribution in [-0.2, 0) is 29.5 Å². The molecule has 5 heterocycles. The Morgan fingerprint density at radius 3 is 2.59 bits per heavy atom. The molecule has 4 aromatic rings. The van der Waals surface area contributed by atoms with Crippen LogP contribution in [0.4, 0.5) is 8.78 Å². The van der Waals surface area contributed by atoms with Gasteiger partial charge in [0.25, 0.3) is 11.7 Å². The van der Waals surface area contributed by atoms with Crippen LogP contribution >= 0.6 is 0 Å². The monoisotopic (exact) mass is 629 g/mol. The maximum atomic E-state index is 14.7. The Bertz CT molecular complexity index is 1850. The van der Waals surface area contributed by atoms with Crippen molar-refractivity contribution < 1.29 is 32.9 Å². The van der Waals surface area contributed by atoms with Gasteiger partial charge in [-0.3, -0.25) is 9.88 Å². The number of aromatic carboxylic acids is 1. The van der Waals surface area contributed by atoms with E-state index in [-0.39, 0.29) is 28.7 Å². The van der Waals surface area contributed by atoms with E-state index < -0.39 is 17.7 Å². The number of alkyl halides is 2. The summed E-state index contributed by atoms with van der Waals surface area (Å²) in [6, 6.07) is 13.9. The van der Waals surface area contributed by atoms with Gasteiger partial charge >= 0.3 is 5.97 Å². The lowest BCUT2D eigenvalue weighted by molar-refractivity contribution is -0.0722. The maximum absolute atomic E-state index is 14.7. The molecule has 238 valence electrons. The molecule has 2 aromatic heterocycles. The lowest BCUT2D eigenvalue weighted by Crippen LogP contribution is -2.35. The Balaban J connectivity index is 1.11. The fourth-order valence-electron chi connectivity index (χ4n) is 6.59. The number of hydrogen-bond acceptors (Lipinski definition) is 8. The zero-order chi connectivity index (χ0) is 32.2. The van der Waals surface area contributed by atoms with Crippen LogP contribution in [0, 0.1) is 11.3 Å². The van der Waals surface area contributed by atoms with Crippen LogP contribution in [0.5, 0.6) is 11.5 Å². The molecule has 46 heavy (non-hydrogen) atoms. The number of ether oxygens (including phenoxy) is 3. The van der Waals surface area contributed by atoms with E-state index in [0.717, 1.165) is 50.9 Å². The molecule has 10 nitrogen and oxygen atoms in total. The van der Waals surface area contributed by atoms with Crippen molar-refractivity contribution >= 4 is 17.0 Å². The molecular weight excluding hydrogens is 596 g/mol. The zero-order valence-electron chi connectivity index (χ0n) is 25.5. The van der Waals surface area contributed by atoms with Gasteiger partial charge in [-0.15, -0.1) is 0 Å². The Hall–Kier alpha value is -4.60. The molecule has 0 unspecified atom stereocenters. The summed E-state index contributed by atoms with van der Waals surface area (Å²) in [5.41, 5.74) is 2.00. The SMILES string of the molecule is CC(F)(F)c1cc(C(=O)O)cc2c1nc(CN1CCC(c3cccc4c3O[C@@](C)(c3ccc(C#N)cn3)O4)CC1)n2C[C@@H]1CCO1. The summed E-state index contributed by atoms with van der Waals surface area (Å²) in [4.78, 5) is 23.2. The first-order chi connectivity index (χ1) is 22.0. The first kappa shape index (κ1) is 30.1. The fourth-order valence-corrected chi connectivity index (χ4v) is 6.59. The fraction of sp³-hybridized carbons (Fsp3) is 0.412. The molecule has 0 amide bonds. The largest absolute Gasteiger partial charge is 0.478 e. The molecule has 1 N–H and O–H groups in total. The first-order valence-electron chi connectivity index (χ1n) is 15.4. The van der Waals surface area contributed by atoms with Crippen LogP contribution in [0.25, 0.3) is 11.0 Å². The smallest absolute Gasteiger partial charge is 0.335 e. The van der Waals surface area contributed by atoms with Crippen LogP contribution in [0.1, 0.15) is 77.6 Å². The molecule has 0 aliphatic carbocycles. The second kappa shape index (κ2) is 11.3. The summed E-state index contributed by atoms with van der Waals surface area (Å²) >= 11 is 0. The van der Waals surface area contributed by atoms with E-state index in [0.29, 0.717) is 53.8 Å². The average molecular weight is 630 g/mol. The number of para-hydroxylation sites is 1. The van der Waals surface area contributed by atoms with Crippen molar-refractivity contribution in [1.82, 2.24) is 19.4 Å². The number of hydrogen-bond donors (Lipinski definition) is 1. The van der Waals surface area contributed by atoms with Gasteiger partial charge in [0.15, 0.2) is 11.5 Å². The number of pyridine rings is 1. The number of carboxylic acids is 1. The van der Waals surface area contributed by atoms with Gasteiger partial charge in [-0.05, 0) is 68.6 Å². The average Bonchev–Trinajstić information content (AvgIpc) is 3.55. The number of nitriles is 1. The van der Waals surface area contributed by atoms with Crippen molar-refractivity contribution in [3.8, 4) is 17.6 Å². The standard InChI is InChI=1S/C34H33F2N5O5/c1-33(35,36)25-14-22(32(42)43)15-26-30(25)39-29(41(26)18-23-10-13-44-23)19-40-11-8-21(9-12-40)24-4-3-5-27-31(24)46-34(2,45-27)28-7-6-20(16-37)17-38-28/h3-7,14-15,17,21,23H,8-13,18-19H2,1-2H3,(H,42,43)/t23-,34-/m0/s1. The highest BCUT2D eigenvalue weighted by molar-refractivity contribution is 5.94. The minimum absolute atomic E-state index is 0.0754. The van der Waals surface area contributed by atoms with Crippen LogP contribution in [0.2, 0.25) is 0 Å². The summed E-state index contributed by atoms with van der Waals surface area (Å²) < 4.78 is 49.6. The summed E-state index contributed by atoms with van der Waals surface area (Å²) in [6.45, 7) is 5.55. The van der Waals surface area contributed by atoms with E-state index in [4.69, 9.17) is 24.5 Å². The van der Waals surface area contributed by atoms with Gasteiger partial charge in [0.2, 0.25) is 0 Å². The van der Waals surface area contributed by atoms with Gasteiger partial charge in [-0.2, -0.15) is 5.26 Å². The van der Waals surface area contributed by atoms with Crippen molar-refractivity contribution in [2.45, 2.75) is 69.9 Å². The predicted octanol–water partition coefficient (Wildman–Crippen LogP) is 5.93. The van der Waals surface area contributed by atoms with E-state index in [2.05, 4.69) is 22.0 Å². The molecule has 2 aromatic carbocycles. The maximum Gasteiger partial charge on any atom is 0.335 e. The summed E-state index contributed by atoms with van der Waals surface area (Å²) in [6.07, 6.45) is 3.93. The van der Waals surface area contributed by atoms with Crippen molar-refractivity contribution in [1.29, 1.82) is 5.26 Å². The lowest BCUT2D eigenvalue weighted by Gasteiger charge is -2.33. The normalized spacial score (nSPS) is 21.7. The van der Waals surface area contributed by atoms with Crippen molar-refractivity contribution in [2.75, 3.05) is 19.7 Å². The Labute approximate surface area is 264 Å². The summed E-state index contributed by atoms with van der Waals surface area (Å²) in [5.74, 6) is -3.50. The molecular formula is C34H33F2N5O5. The number of imidazole rings is 1. The second-order valence-electron chi connectivity index (χ2n) is 12.4. The third-order valence-electron chi connectivity index (χ3n) is 9.19. The summed E-state index contributed by atoms with van der Waals surface area (Å²) in [7, 11) is 0. The molecule has 0 spiro atoms. The molecule has 3 aliphatic heterocycles. The van der Waals surface area contributed by atoms with Gasteiger partial charge in [0.1, 0.15) is 17.6 Å². The van der Waals surface area contributed by atoms with Crippen molar-refractivity contribution in [3.63, 3.8) is 0 Å². The number of likely N-dealkylation sites (tertiary alicyclic amines) is 1. The number of rotatable bonds is 8. The molecule has 2 atom stereocenters. The highest BCUT2D eigenvalue weighted by Crippen LogP contribution is 2.49. The number of piperidine rings is 1. The third kappa shape index (κ3) is 5.43. The van der Waals surface area contributed by atoms with Crippen molar-refractivity contribution in [2.24, 2.45) is 0 Å².